The van der Waals surface area contributed by atoms with Gasteiger partial charge >= 0.3 is 0 Å². The lowest BCUT2D eigenvalue weighted by Crippen LogP contribution is -2.48. The Morgan fingerprint density at radius 1 is 1.22 bits per heavy atom. The van der Waals surface area contributed by atoms with Crippen molar-refractivity contribution >= 4 is 10.2 Å². The van der Waals surface area contributed by atoms with Crippen LogP contribution >= 0.6 is 0 Å². The normalized spacial score (nSPS) is 15.4. The molecule has 1 unspecified atom stereocenters. The zero-order valence-corrected chi connectivity index (χ0v) is 13.6. The fourth-order valence-corrected chi connectivity index (χ4v) is 3.07. The molecule has 0 fully saturated rings. The number of hydrogen-bond donors (Lipinski definition) is 1. The maximum absolute atomic E-state index is 12.3. The first-order valence-corrected chi connectivity index (χ1v) is 7.78. The van der Waals surface area contributed by atoms with E-state index in [0.717, 1.165) is 13.0 Å². The van der Waals surface area contributed by atoms with Gasteiger partial charge in [-0.3, -0.25) is 0 Å². The molecule has 18 heavy (non-hydrogen) atoms. The largest absolute Gasteiger partial charge is 0.320 e. The average molecular weight is 279 g/mol. The first-order chi connectivity index (χ1) is 8.05. The van der Waals surface area contributed by atoms with Crippen LogP contribution in [0.1, 0.15) is 34.1 Å². The summed E-state index contributed by atoms with van der Waals surface area (Å²) >= 11 is 0. The first kappa shape index (κ1) is 17.8. The number of hydrogen-bond acceptors (Lipinski definition) is 3. The van der Waals surface area contributed by atoms with E-state index >= 15 is 0 Å². The predicted octanol–water partition coefficient (Wildman–Crippen LogP) is 1.14. The molecule has 0 aliphatic carbocycles. The smallest absolute Gasteiger partial charge is 0.281 e. The zero-order chi connectivity index (χ0) is 14.6. The van der Waals surface area contributed by atoms with E-state index in [1.807, 2.05) is 34.7 Å². The highest BCUT2D eigenvalue weighted by molar-refractivity contribution is 7.86. The van der Waals surface area contributed by atoms with Gasteiger partial charge in [0, 0.05) is 26.7 Å². The molecular weight excluding hydrogens is 250 g/mol. The van der Waals surface area contributed by atoms with Gasteiger partial charge in [-0.15, -0.1) is 0 Å². The van der Waals surface area contributed by atoms with Crippen LogP contribution in [0.2, 0.25) is 0 Å². The number of nitrogens with one attached hydrogen (secondary N) is 1. The molecule has 0 aliphatic heterocycles. The van der Waals surface area contributed by atoms with E-state index < -0.39 is 10.2 Å². The standard InChI is InChI=1S/C12H29N3O2S/c1-11(12(2,3)4)15(7)18(16,17)14(6)10-8-9-13-5/h11,13H,8-10H2,1-7H3. The quantitative estimate of drug-likeness (QED) is 0.711. The van der Waals surface area contributed by atoms with E-state index in [0.29, 0.717) is 6.54 Å². The second-order valence-corrected chi connectivity index (χ2v) is 7.94. The van der Waals surface area contributed by atoms with E-state index in [1.165, 1.54) is 8.61 Å². The molecular formula is C12H29N3O2S. The van der Waals surface area contributed by atoms with Gasteiger partial charge in [-0.25, -0.2) is 0 Å². The average Bonchev–Trinajstić information content (AvgIpc) is 2.25. The van der Waals surface area contributed by atoms with Gasteiger partial charge in [0.1, 0.15) is 0 Å². The third-order valence-electron chi connectivity index (χ3n) is 3.46. The van der Waals surface area contributed by atoms with Crippen molar-refractivity contribution in [3.63, 3.8) is 0 Å². The Hall–Kier alpha value is -0.170. The third kappa shape index (κ3) is 4.84. The van der Waals surface area contributed by atoms with E-state index in [2.05, 4.69) is 5.32 Å². The minimum absolute atomic E-state index is 0.0470. The molecule has 5 nitrogen and oxygen atoms in total. The van der Waals surface area contributed by atoms with Crippen molar-refractivity contribution in [2.45, 2.75) is 40.2 Å². The van der Waals surface area contributed by atoms with Gasteiger partial charge in [0.25, 0.3) is 10.2 Å². The minimum Gasteiger partial charge on any atom is -0.320 e. The molecule has 0 amide bonds. The van der Waals surface area contributed by atoms with Crippen molar-refractivity contribution in [2.75, 3.05) is 34.2 Å². The van der Waals surface area contributed by atoms with Crippen LogP contribution in [-0.4, -0.2) is 57.3 Å². The first-order valence-electron chi connectivity index (χ1n) is 6.39. The second kappa shape index (κ2) is 6.84. The molecule has 0 saturated carbocycles. The van der Waals surface area contributed by atoms with E-state index in [1.54, 1.807) is 14.1 Å². The Kier molecular flexibility index (Phi) is 6.78. The summed E-state index contributed by atoms with van der Waals surface area (Å²) in [6.07, 6.45) is 0.809. The van der Waals surface area contributed by atoms with Crippen molar-refractivity contribution in [1.29, 1.82) is 0 Å². The summed E-state index contributed by atoms with van der Waals surface area (Å²) in [5.41, 5.74) is -0.0758. The van der Waals surface area contributed by atoms with Crippen LogP contribution in [0.25, 0.3) is 0 Å². The van der Waals surface area contributed by atoms with E-state index in [4.69, 9.17) is 0 Å². The van der Waals surface area contributed by atoms with Crippen LogP contribution in [0.4, 0.5) is 0 Å². The van der Waals surface area contributed by atoms with Gasteiger partial charge in [0.15, 0.2) is 0 Å². The Morgan fingerprint density at radius 3 is 2.11 bits per heavy atom. The summed E-state index contributed by atoms with van der Waals surface area (Å²) in [6.45, 7) is 9.43. The molecule has 0 spiro atoms. The molecule has 0 radical (unpaired) electrons. The summed E-state index contributed by atoms with van der Waals surface area (Å²) in [6, 6.07) is -0.0470. The Morgan fingerprint density at radius 2 is 1.72 bits per heavy atom. The van der Waals surface area contributed by atoms with Gasteiger partial charge in [-0.05, 0) is 32.4 Å². The zero-order valence-electron chi connectivity index (χ0n) is 12.8. The maximum atomic E-state index is 12.3. The Balaban J connectivity index is 4.71. The van der Waals surface area contributed by atoms with Gasteiger partial charge in [-0.1, -0.05) is 20.8 Å². The molecule has 0 rings (SSSR count). The van der Waals surface area contributed by atoms with Crippen molar-refractivity contribution in [1.82, 2.24) is 13.9 Å². The van der Waals surface area contributed by atoms with Crippen LogP contribution < -0.4 is 5.32 Å². The predicted molar refractivity (Wildman–Crippen MR) is 76.8 cm³/mol. The van der Waals surface area contributed by atoms with Crippen molar-refractivity contribution in [2.24, 2.45) is 5.41 Å². The Bertz CT molecular complexity index is 336. The van der Waals surface area contributed by atoms with Crippen LogP contribution in [0.5, 0.6) is 0 Å². The van der Waals surface area contributed by atoms with Crippen LogP contribution in [0.15, 0.2) is 0 Å². The van der Waals surface area contributed by atoms with Gasteiger partial charge in [-0.2, -0.15) is 17.0 Å². The lowest BCUT2D eigenvalue weighted by molar-refractivity contribution is 0.207. The number of rotatable bonds is 7. The summed E-state index contributed by atoms with van der Waals surface area (Å²) in [4.78, 5) is 0. The molecule has 0 aromatic carbocycles. The van der Waals surface area contributed by atoms with Gasteiger partial charge in [0.05, 0.1) is 0 Å². The molecule has 0 aromatic heterocycles. The monoisotopic (exact) mass is 279 g/mol. The molecule has 0 bridgehead atoms. The highest BCUT2D eigenvalue weighted by Gasteiger charge is 2.33. The summed E-state index contributed by atoms with van der Waals surface area (Å²) in [7, 11) is 1.79. The molecule has 0 heterocycles. The highest BCUT2D eigenvalue weighted by Crippen LogP contribution is 2.25. The highest BCUT2D eigenvalue weighted by atomic mass is 32.2. The molecule has 1 N–H and O–H groups in total. The summed E-state index contributed by atoms with van der Waals surface area (Å²) < 4.78 is 27.6. The van der Waals surface area contributed by atoms with Crippen molar-refractivity contribution < 1.29 is 8.42 Å². The molecule has 1 atom stereocenters. The topological polar surface area (TPSA) is 52.7 Å². The Labute approximate surface area is 113 Å². The lowest BCUT2D eigenvalue weighted by Gasteiger charge is -2.36. The summed E-state index contributed by atoms with van der Waals surface area (Å²) in [5, 5.41) is 3.02. The molecule has 0 saturated heterocycles. The van der Waals surface area contributed by atoms with Crippen LogP contribution in [0.3, 0.4) is 0 Å². The lowest BCUT2D eigenvalue weighted by atomic mass is 9.88. The summed E-state index contributed by atoms with van der Waals surface area (Å²) in [5.74, 6) is 0. The van der Waals surface area contributed by atoms with E-state index in [-0.39, 0.29) is 11.5 Å². The fraction of sp³-hybridized carbons (Fsp3) is 1.00. The van der Waals surface area contributed by atoms with Crippen LogP contribution in [0, 0.1) is 5.41 Å². The van der Waals surface area contributed by atoms with Gasteiger partial charge < -0.3 is 5.32 Å². The fourth-order valence-electron chi connectivity index (χ4n) is 1.56. The van der Waals surface area contributed by atoms with Gasteiger partial charge in [0.2, 0.25) is 0 Å². The molecule has 0 aromatic rings. The second-order valence-electron chi connectivity index (χ2n) is 5.84. The maximum Gasteiger partial charge on any atom is 0.281 e. The van der Waals surface area contributed by atoms with Crippen molar-refractivity contribution in [3.05, 3.63) is 0 Å². The molecule has 110 valence electrons. The minimum atomic E-state index is -3.36. The molecule has 6 heteroatoms. The number of nitrogens with zero attached hydrogens (tertiary/aromatic N) is 2. The molecule has 0 aliphatic rings. The SMILES string of the molecule is CNCCCN(C)S(=O)(=O)N(C)C(C)C(C)(C)C. The van der Waals surface area contributed by atoms with Crippen molar-refractivity contribution in [3.8, 4) is 0 Å². The van der Waals surface area contributed by atoms with E-state index in [9.17, 15) is 8.42 Å². The van der Waals surface area contributed by atoms with Crippen LogP contribution in [-0.2, 0) is 10.2 Å². The third-order valence-corrected chi connectivity index (χ3v) is 5.47.